The standard InChI is InChI=1S/C12H16O2.C12H12O2/c2*1-4-12(2,3)10-7-5-6-9(8-10)11(13)14/h5-8H,4H2,1-3H3,(H,13,14);1,5-8H,2-3H3,(H,13,14). The Bertz CT molecular complexity index is 885. The minimum Gasteiger partial charge on any atom is -0.478 e. The summed E-state index contributed by atoms with van der Waals surface area (Å²) in [4.78, 5) is 21.5. The van der Waals surface area contributed by atoms with E-state index >= 15 is 0 Å². The van der Waals surface area contributed by atoms with E-state index in [0.717, 1.165) is 17.5 Å². The molecule has 0 saturated carbocycles. The summed E-state index contributed by atoms with van der Waals surface area (Å²) >= 11 is 0. The summed E-state index contributed by atoms with van der Waals surface area (Å²) in [5.41, 5.74) is 2.19. The predicted octanol–water partition coefficient (Wildman–Crippen LogP) is 5.37. The third-order valence-electron chi connectivity index (χ3n) is 4.97. The van der Waals surface area contributed by atoms with Crippen LogP contribution in [0.25, 0.3) is 0 Å². The summed E-state index contributed by atoms with van der Waals surface area (Å²) in [6, 6.07) is 13.9. The van der Waals surface area contributed by atoms with Gasteiger partial charge in [-0.2, -0.15) is 0 Å². The van der Waals surface area contributed by atoms with Crippen molar-refractivity contribution < 1.29 is 19.8 Å². The summed E-state index contributed by atoms with van der Waals surface area (Å²) < 4.78 is 0. The van der Waals surface area contributed by atoms with E-state index in [4.69, 9.17) is 16.6 Å². The van der Waals surface area contributed by atoms with Crippen molar-refractivity contribution in [3.63, 3.8) is 0 Å². The Morgan fingerprint density at radius 3 is 1.71 bits per heavy atom. The Kier molecular flexibility index (Phi) is 7.58. The second-order valence-corrected chi connectivity index (χ2v) is 7.78. The van der Waals surface area contributed by atoms with Gasteiger partial charge in [0.1, 0.15) is 0 Å². The van der Waals surface area contributed by atoms with Crippen molar-refractivity contribution in [3.8, 4) is 12.3 Å². The van der Waals surface area contributed by atoms with E-state index in [-0.39, 0.29) is 11.0 Å². The fraction of sp³-hybridized carbons (Fsp3) is 0.333. The zero-order chi connectivity index (χ0) is 21.5. The molecular formula is C24H28O4. The van der Waals surface area contributed by atoms with E-state index in [0.29, 0.717) is 5.56 Å². The second kappa shape index (κ2) is 9.23. The van der Waals surface area contributed by atoms with Crippen molar-refractivity contribution in [3.05, 3.63) is 70.8 Å². The first kappa shape index (κ1) is 23.0. The lowest BCUT2D eigenvalue weighted by molar-refractivity contribution is 0.0686. The Labute approximate surface area is 167 Å². The van der Waals surface area contributed by atoms with Gasteiger partial charge in [-0.15, -0.1) is 6.42 Å². The highest BCUT2D eigenvalue weighted by Gasteiger charge is 2.19. The third kappa shape index (κ3) is 5.99. The zero-order valence-corrected chi connectivity index (χ0v) is 17.1. The molecule has 4 heteroatoms. The van der Waals surface area contributed by atoms with Crippen LogP contribution in [0, 0.1) is 12.3 Å². The van der Waals surface area contributed by atoms with E-state index in [2.05, 4.69) is 26.7 Å². The van der Waals surface area contributed by atoms with Gasteiger partial charge in [0.2, 0.25) is 0 Å². The van der Waals surface area contributed by atoms with Gasteiger partial charge >= 0.3 is 11.9 Å². The van der Waals surface area contributed by atoms with Gasteiger partial charge in [-0.3, -0.25) is 0 Å². The summed E-state index contributed by atoms with van der Waals surface area (Å²) in [7, 11) is 0. The number of hydrogen-bond donors (Lipinski definition) is 2. The van der Waals surface area contributed by atoms with Gasteiger partial charge in [0.25, 0.3) is 0 Å². The van der Waals surface area contributed by atoms with Gasteiger partial charge in [0.05, 0.1) is 16.5 Å². The number of carboxylic acid groups (broad SMARTS) is 2. The van der Waals surface area contributed by atoms with E-state index < -0.39 is 17.4 Å². The zero-order valence-electron chi connectivity index (χ0n) is 17.1. The summed E-state index contributed by atoms with van der Waals surface area (Å²) in [5.74, 6) is 0.838. The lowest BCUT2D eigenvalue weighted by Crippen LogP contribution is -2.16. The molecule has 4 nitrogen and oxygen atoms in total. The minimum absolute atomic E-state index is 0.0471. The van der Waals surface area contributed by atoms with Crippen molar-refractivity contribution in [2.24, 2.45) is 0 Å². The number of carbonyl (C=O) groups is 2. The topological polar surface area (TPSA) is 74.6 Å². The van der Waals surface area contributed by atoms with Crippen LogP contribution in [0.5, 0.6) is 0 Å². The molecule has 2 N–H and O–H groups in total. The van der Waals surface area contributed by atoms with Crippen molar-refractivity contribution >= 4 is 11.9 Å². The van der Waals surface area contributed by atoms with Crippen LogP contribution in [0.4, 0.5) is 0 Å². The van der Waals surface area contributed by atoms with Gasteiger partial charge in [-0.25, -0.2) is 9.59 Å². The molecule has 2 rings (SSSR count). The molecule has 0 spiro atoms. The quantitative estimate of drug-likeness (QED) is 0.684. The van der Waals surface area contributed by atoms with Gasteiger partial charge in [0, 0.05) is 0 Å². The Morgan fingerprint density at radius 1 is 0.893 bits per heavy atom. The Hall–Kier alpha value is -3.06. The van der Waals surface area contributed by atoms with E-state index in [9.17, 15) is 9.59 Å². The number of benzene rings is 2. The highest BCUT2D eigenvalue weighted by molar-refractivity contribution is 5.88. The number of terminal acetylenes is 1. The first-order valence-corrected chi connectivity index (χ1v) is 9.10. The molecular weight excluding hydrogens is 352 g/mol. The van der Waals surface area contributed by atoms with Crippen molar-refractivity contribution in [1.29, 1.82) is 0 Å². The number of carboxylic acids is 2. The molecule has 0 saturated heterocycles. The SMILES string of the molecule is C#CC(C)(C)c1cccc(C(=O)O)c1.CCC(C)(C)c1cccc(C(=O)O)c1. The normalized spacial score (nSPS) is 11.0. The molecule has 0 aliphatic heterocycles. The predicted molar refractivity (Wildman–Crippen MR) is 112 cm³/mol. The van der Waals surface area contributed by atoms with Gasteiger partial charge < -0.3 is 10.2 Å². The van der Waals surface area contributed by atoms with Crippen LogP contribution in [0.15, 0.2) is 48.5 Å². The highest BCUT2D eigenvalue weighted by atomic mass is 16.4. The molecule has 0 heterocycles. The van der Waals surface area contributed by atoms with E-state index in [1.165, 1.54) is 0 Å². The molecule has 0 atom stereocenters. The second-order valence-electron chi connectivity index (χ2n) is 7.78. The molecule has 2 aromatic carbocycles. The molecule has 0 aliphatic carbocycles. The number of rotatable bonds is 5. The molecule has 2 aromatic rings. The molecule has 0 aliphatic rings. The summed E-state index contributed by atoms with van der Waals surface area (Å²) in [5, 5.41) is 17.6. The van der Waals surface area contributed by atoms with Gasteiger partial charge in [-0.1, -0.05) is 51.0 Å². The Morgan fingerprint density at radius 2 is 1.32 bits per heavy atom. The molecule has 0 aromatic heterocycles. The monoisotopic (exact) mass is 380 g/mol. The van der Waals surface area contributed by atoms with Crippen molar-refractivity contribution in [1.82, 2.24) is 0 Å². The fourth-order valence-electron chi connectivity index (χ4n) is 2.40. The smallest absolute Gasteiger partial charge is 0.335 e. The summed E-state index contributed by atoms with van der Waals surface area (Å²) in [6.07, 6.45) is 6.36. The van der Waals surface area contributed by atoms with Crippen LogP contribution in [0.2, 0.25) is 0 Å². The van der Waals surface area contributed by atoms with Crippen LogP contribution in [-0.2, 0) is 10.8 Å². The molecule has 0 radical (unpaired) electrons. The summed E-state index contributed by atoms with van der Waals surface area (Å²) in [6.45, 7) is 10.1. The maximum Gasteiger partial charge on any atom is 0.335 e. The maximum atomic E-state index is 10.8. The average Bonchev–Trinajstić information content (AvgIpc) is 2.68. The van der Waals surface area contributed by atoms with Crippen LogP contribution < -0.4 is 0 Å². The van der Waals surface area contributed by atoms with Crippen LogP contribution >= 0.6 is 0 Å². The van der Waals surface area contributed by atoms with Crippen molar-refractivity contribution in [2.45, 2.75) is 51.9 Å². The molecule has 148 valence electrons. The highest BCUT2D eigenvalue weighted by Crippen LogP contribution is 2.27. The lowest BCUT2D eigenvalue weighted by Gasteiger charge is -2.23. The molecule has 0 unspecified atom stereocenters. The van der Waals surface area contributed by atoms with Crippen LogP contribution in [0.1, 0.15) is 72.9 Å². The maximum absolute atomic E-state index is 10.8. The van der Waals surface area contributed by atoms with Gasteiger partial charge in [0.15, 0.2) is 0 Å². The van der Waals surface area contributed by atoms with Crippen LogP contribution in [-0.4, -0.2) is 22.2 Å². The first-order chi connectivity index (χ1) is 12.9. The van der Waals surface area contributed by atoms with E-state index in [1.807, 2.05) is 26.0 Å². The molecule has 28 heavy (non-hydrogen) atoms. The van der Waals surface area contributed by atoms with Gasteiger partial charge in [-0.05, 0) is 61.1 Å². The minimum atomic E-state index is -0.931. The lowest BCUT2D eigenvalue weighted by atomic mass is 9.82. The Balaban J connectivity index is 0.000000280. The third-order valence-corrected chi connectivity index (χ3v) is 4.97. The van der Waals surface area contributed by atoms with Crippen LogP contribution in [0.3, 0.4) is 0 Å². The average molecular weight is 380 g/mol. The molecule has 0 fully saturated rings. The molecule has 0 amide bonds. The van der Waals surface area contributed by atoms with E-state index in [1.54, 1.807) is 36.4 Å². The largest absolute Gasteiger partial charge is 0.478 e. The molecule has 0 bridgehead atoms. The first-order valence-electron chi connectivity index (χ1n) is 9.10. The van der Waals surface area contributed by atoms with Crippen molar-refractivity contribution in [2.75, 3.05) is 0 Å². The number of aromatic carboxylic acids is 2. The number of hydrogen-bond acceptors (Lipinski definition) is 2. The fourth-order valence-corrected chi connectivity index (χ4v) is 2.40.